The molecule has 1 aliphatic rings. The van der Waals surface area contributed by atoms with Crippen LogP contribution < -0.4 is 4.90 Å². The van der Waals surface area contributed by atoms with Crippen molar-refractivity contribution in [2.24, 2.45) is 5.92 Å². The fourth-order valence-electron chi connectivity index (χ4n) is 3.96. The lowest BCUT2D eigenvalue weighted by Gasteiger charge is -2.36. The van der Waals surface area contributed by atoms with Crippen molar-refractivity contribution in [2.45, 2.75) is 13.8 Å². The highest BCUT2D eigenvalue weighted by Crippen LogP contribution is 2.40. The van der Waals surface area contributed by atoms with E-state index in [2.05, 4.69) is 0 Å². The summed E-state index contributed by atoms with van der Waals surface area (Å²) in [6.07, 6.45) is 3.63. The molecule has 0 fully saturated rings. The van der Waals surface area contributed by atoms with Crippen LogP contribution >= 0.6 is 0 Å². The van der Waals surface area contributed by atoms with Crippen LogP contribution in [0, 0.1) is 5.92 Å². The van der Waals surface area contributed by atoms with Gasteiger partial charge in [-0.25, -0.2) is 14.4 Å². The molecule has 3 rings (SSSR count). The molecule has 1 aliphatic heterocycles. The zero-order chi connectivity index (χ0) is 24.1. The first-order valence-electron chi connectivity index (χ1n) is 10.2. The zero-order valence-corrected chi connectivity index (χ0v) is 18.9. The molecule has 7 heteroatoms. The molecule has 0 saturated carbocycles. The van der Waals surface area contributed by atoms with E-state index < -0.39 is 23.8 Å². The van der Waals surface area contributed by atoms with E-state index in [9.17, 15) is 19.5 Å². The number of carboxylic acid groups (broad SMARTS) is 1. The highest BCUT2D eigenvalue weighted by atomic mass is 16.5. The first-order valence-corrected chi connectivity index (χ1v) is 10.2. The molecule has 0 radical (unpaired) electrons. The van der Waals surface area contributed by atoms with Gasteiger partial charge in [0.15, 0.2) is 0 Å². The first-order chi connectivity index (χ1) is 15.8. The number of ether oxygens (including phenoxy) is 2. The molecule has 1 N–H and O–H groups in total. The largest absolute Gasteiger partial charge is 0.478 e. The van der Waals surface area contributed by atoms with Crippen LogP contribution in [0.3, 0.4) is 0 Å². The zero-order valence-electron chi connectivity index (χ0n) is 18.9. The number of methoxy groups -OCH3 is 2. The summed E-state index contributed by atoms with van der Waals surface area (Å²) < 4.78 is 10.1. The minimum Gasteiger partial charge on any atom is -0.478 e. The van der Waals surface area contributed by atoms with Crippen LogP contribution in [-0.4, -0.2) is 37.2 Å². The van der Waals surface area contributed by atoms with Crippen molar-refractivity contribution in [1.29, 1.82) is 0 Å². The van der Waals surface area contributed by atoms with Crippen molar-refractivity contribution >= 4 is 29.7 Å². The summed E-state index contributed by atoms with van der Waals surface area (Å²) in [5, 5.41) is 9.21. The molecule has 0 saturated heterocycles. The Morgan fingerprint density at radius 2 is 1.36 bits per heavy atom. The molecular weight excluding hydrogens is 422 g/mol. The number of rotatable bonds is 6. The van der Waals surface area contributed by atoms with Gasteiger partial charge in [-0.1, -0.05) is 42.5 Å². The maximum absolute atomic E-state index is 12.9. The predicted octanol–water partition coefficient (Wildman–Crippen LogP) is 4.43. The van der Waals surface area contributed by atoms with E-state index in [0.717, 1.165) is 5.56 Å². The van der Waals surface area contributed by atoms with Gasteiger partial charge in [0, 0.05) is 23.0 Å². The second-order valence-electron chi connectivity index (χ2n) is 7.42. The Morgan fingerprint density at radius 3 is 1.82 bits per heavy atom. The average Bonchev–Trinajstić information content (AvgIpc) is 2.82. The third-order valence-corrected chi connectivity index (χ3v) is 5.54. The molecule has 0 spiro atoms. The van der Waals surface area contributed by atoms with Crippen molar-refractivity contribution in [3.8, 4) is 0 Å². The Balaban J connectivity index is 2.20. The average molecular weight is 447 g/mol. The number of carboxylic acids is 1. The molecule has 170 valence electrons. The Labute approximate surface area is 192 Å². The van der Waals surface area contributed by atoms with E-state index in [1.807, 2.05) is 36.4 Å². The number of hydrogen-bond acceptors (Lipinski definition) is 6. The van der Waals surface area contributed by atoms with Crippen LogP contribution in [0.1, 0.15) is 29.8 Å². The molecule has 7 nitrogen and oxygen atoms in total. The summed E-state index contributed by atoms with van der Waals surface area (Å²) in [5.74, 6) is -2.89. The molecule has 2 aromatic carbocycles. The van der Waals surface area contributed by atoms with Crippen LogP contribution in [0.25, 0.3) is 6.08 Å². The van der Waals surface area contributed by atoms with Gasteiger partial charge in [0.1, 0.15) is 0 Å². The third kappa shape index (κ3) is 4.72. The molecule has 2 aromatic rings. The highest BCUT2D eigenvalue weighted by molar-refractivity contribution is 6.00. The van der Waals surface area contributed by atoms with Crippen molar-refractivity contribution < 1.29 is 29.0 Å². The van der Waals surface area contributed by atoms with E-state index in [1.54, 1.807) is 37.0 Å². The third-order valence-electron chi connectivity index (χ3n) is 5.54. The second kappa shape index (κ2) is 9.99. The molecule has 1 heterocycles. The number of benzene rings is 2. The van der Waals surface area contributed by atoms with E-state index in [4.69, 9.17) is 9.47 Å². The second-order valence-corrected chi connectivity index (χ2v) is 7.42. The summed E-state index contributed by atoms with van der Waals surface area (Å²) in [4.78, 5) is 38.8. The van der Waals surface area contributed by atoms with Gasteiger partial charge in [0.05, 0.1) is 30.9 Å². The summed E-state index contributed by atoms with van der Waals surface area (Å²) in [6.45, 7) is 3.52. The Hall–Kier alpha value is -4.13. The van der Waals surface area contributed by atoms with Gasteiger partial charge in [0.2, 0.25) is 0 Å². The van der Waals surface area contributed by atoms with Crippen LogP contribution in [0.2, 0.25) is 0 Å². The topological polar surface area (TPSA) is 93.1 Å². The standard InChI is InChI=1S/C26H25NO6/c1-16-22(25(30)32-3)21(15-10-18-8-6-5-7-9-18)23(26(31)33-4)17(2)27(16)20-13-11-19(12-14-20)24(28)29/h5-15,21H,1-4H3,(H,28,29)/b15-10+. The van der Waals surface area contributed by atoms with Gasteiger partial charge in [-0.05, 0) is 43.7 Å². The van der Waals surface area contributed by atoms with Crippen molar-refractivity contribution in [3.63, 3.8) is 0 Å². The lowest BCUT2D eigenvalue weighted by molar-refractivity contribution is -0.137. The first kappa shape index (κ1) is 23.5. The minimum absolute atomic E-state index is 0.129. The number of hydrogen-bond donors (Lipinski definition) is 1. The van der Waals surface area contributed by atoms with Gasteiger partial charge >= 0.3 is 17.9 Å². The lowest BCUT2D eigenvalue weighted by Crippen LogP contribution is -2.35. The quantitative estimate of drug-likeness (QED) is 0.655. The summed E-state index contributed by atoms with van der Waals surface area (Å²) in [6, 6.07) is 15.7. The number of anilines is 1. The lowest BCUT2D eigenvalue weighted by atomic mass is 9.83. The number of allylic oxidation sites excluding steroid dienone is 3. The molecule has 0 atom stereocenters. The fraction of sp³-hybridized carbons (Fsp3) is 0.192. The van der Waals surface area contributed by atoms with Crippen molar-refractivity contribution in [3.05, 3.63) is 94.3 Å². The Kier molecular flexibility index (Phi) is 7.13. The van der Waals surface area contributed by atoms with Gasteiger partial charge in [-0.15, -0.1) is 0 Å². The minimum atomic E-state index is -1.05. The van der Waals surface area contributed by atoms with Crippen molar-refractivity contribution in [1.82, 2.24) is 0 Å². The normalized spacial score (nSPS) is 14.6. The number of nitrogens with zero attached hydrogens (tertiary/aromatic N) is 1. The van der Waals surface area contributed by atoms with E-state index in [1.165, 1.54) is 26.4 Å². The number of carbonyl (C=O) groups is 3. The van der Waals surface area contributed by atoms with Crippen LogP contribution in [0.4, 0.5) is 5.69 Å². The number of carbonyl (C=O) groups excluding carboxylic acids is 2. The smallest absolute Gasteiger partial charge is 0.336 e. The molecule has 0 aromatic heterocycles. The van der Waals surface area contributed by atoms with Crippen LogP contribution in [-0.2, 0) is 19.1 Å². The fourth-order valence-corrected chi connectivity index (χ4v) is 3.96. The van der Waals surface area contributed by atoms with Gasteiger partial charge < -0.3 is 19.5 Å². The molecule has 0 amide bonds. The van der Waals surface area contributed by atoms with Gasteiger partial charge in [0.25, 0.3) is 0 Å². The van der Waals surface area contributed by atoms with Crippen LogP contribution in [0.5, 0.6) is 0 Å². The van der Waals surface area contributed by atoms with Gasteiger partial charge in [-0.2, -0.15) is 0 Å². The molecule has 0 unspecified atom stereocenters. The maximum atomic E-state index is 12.9. The Bertz CT molecular complexity index is 1120. The van der Waals surface area contributed by atoms with E-state index in [-0.39, 0.29) is 16.7 Å². The predicted molar refractivity (Wildman–Crippen MR) is 124 cm³/mol. The van der Waals surface area contributed by atoms with E-state index in [0.29, 0.717) is 17.1 Å². The summed E-state index contributed by atoms with van der Waals surface area (Å²) in [7, 11) is 2.57. The van der Waals surface area contributed by atoms with E-state index >= 15 is 0 Å². The maximum Gasteiger partial charge on any atom is 0.336 e. The number of aromatic carboxylic acids is 1. The molecule has 33 heavy (non-hydrogen) atoms. The Morgan fingerprint density at radius 1 is 0.848 bits per heavy atom. The monoisotopic (exact) mass is 447 g/mol. The SMILES string of the molecule is COC(=O)C1=C(C)N(c2ccc(C(=O)O)cc2)C(C)=C(C(=O)OC)C1/C=C/c1ccccc1. The summed E-state index contributed by atoms with van der Waals surface area (Å²) >= 11 is 0. The summed E-state index contributed by atoms with van der Waals surface area (Å²) in [5.41, 5.74) is 3.35. The van der Waals surface area contributed by atoms with Crippen LogP contribution in [0.15, 0.2) is 83.2 Å². The molecular formula is C26H25NO6. The van der Waals surface area contributed by atoms with Gasteiger partial charge in [-0.3, -0.25) is 0 Å². The molecule has 0 bridgehead atoms. The number of esters is 2. The van der Waals surface area contributed by atoms with Crippen molar-refractivity contribution in [2.75, 3.05) is 19.1 Å². The molecule has 0 aliphatic carbocycles. The highest BCUT2D eigenvalue weighted by Gasteiger charge is 2.38.